The van der Waals surface area contributed by atoms with Gasteiger partial charge < -0.3 is 5.32 Å². The molecule has 1 saturated heterocycles. The Balaban J connectivity index is 2.40. The van der Waals surface area contributed by atoms with Gasteiger partial charge in [0.2, 0.25) is 0 Å². The number of hydrogen-bond acceptors (Lipinski definition) is 4. The Bertz CT molecular complexity index is 402. The van der Waals surface area contributed by atoms with Crippen LogP contribution in [0.2, 0.25) is 0 Å². The van der Waals surface area contributed by atoms with Crippen molar-refractivity contribution < 1.29 is 18.8 Å². The Morgan fingerprint density at radius 2 is 2.23 bits per heavy atom. The molecular weight excluding hydrogens is 180 g/mol. The molecule has 0 atom stereocenters. The Morgan fingerprint density at radius 1 is 1.46 bits per heavy atom. The van der Waals surface area contributed by atoms with Crippen molar-refractivity contribution in [2.24, 2.45) is 0 Å². The zero-order chi connectivity index (χ0) is 9.42. The van der Waals surface area contributed by atoms with Gasteiger partial charge in [-0.15, -0.1) is 4.52 Å². The summed E-state index contributed by atoms with van der Waals surface area (Å²) in [5.74, 6) is -0.750. The largest absolute Gasteiger partial charge is 0.368 e. The van der Waals surface area contributed by atoms with Gasteiger partial charge in [0.05, 0.1) is 0 Å². The maximum absolute atomic E-state index is 11.0. The van der Waals surface area contributed by atoms with E-state index < -0.39 is 11.9 Å². The second-order valence-electron chi connectivity index (χ2n) is 2.23. The number of amides is 3. The van der Waals surface area contributed by atoms with Crippen molar-refractivity contribution in [1.82, 2.24) is 10.4 Å². The molecule has 0 saturated carbocycles. The normalized spacial score (nSPS) is 16.5. The molecule has 13 heavy (non-hydrogen) atoms. The van der Waals surface area contributed by atoms with Gasteiger partial charge in [-0.3, -0.25) is 4.79 Å². The lowest BCUT2D eigenvalue weighted by atomic mass is 10.5. The molecule has 1 aromatic rings. The predicted octanol–water partition coefficient (Wildman–Crippen LogP) is -1.26. The molecule has 8 heteroatoms. The van der Waals surface area contributed by atoms with Gasteiger partial charge in [0, 0.05) is 0 Å². The van der Waals surface area contributed by atoms with Gasteiger partial charge in [-0.2, -0.15) is 4.90 Å². The Morgan fingerprint density at radius 3 is 2.69 bits per heavy atom. The van der Waals surface area contributed by atoms with E-state index in [-0.39, 0.29) is 10.6 Å². The van der Waals surface area contributed by atoms with Crippen LogP contribution in [0.25, 0.3) is 0 Å². The van der Waals surface area contributed by atoms with Crippen molar-refractivity contribution in [3.8, 4) is 0 Å². The number of nitrogens with one attached hydrogen (secondary N) is 2. The van der Waals surface area contributed by atoms with Crippen LogP contribution in [0.15, 0.2) is 10.7 Å². The van der Waals surface area contributed by atoms with E-state index in [1.54, 1.807) is 0 Å². The standard InChI is InChI=1S/C5H4N4O4/c10-3-1-6-5(11)8(3)4-2-7-9(12)13-4/h1-2H,(H,6,11)(H,7,12)/q+1. The predicted molar refractivity (Wildman–Crippen MR) is 36.7 cm³/mol. The van der Waals surface area contributed by atoms with E-state index in [9.17, 15) is 14.5 Å². The average molecular weight is 184 g/mol. The molecule has 0 unspecified atom stereocenters. The number of carbonyl (C=O) groups excluding carboxylic acids is 2. The number of carbonyl (C=O) groups is 2. The summed E-state index contributed by atoms with van der Waals surface area (Å²) in [6.07, 6.45) is 1.10. The van der Waals surface area contributed by atoms with Gasteiger partial charge in [-0.1, -0.05) is 5.10 Å². The van der Waals surface area contributed by atoms with Crippen molar-refractivity contribution in [3.05, 3.63) is 17.6 Å². The van der Waals surface area contributed by atoms with Crippen LogP contribution in [0.3, 0.4) is 0 Å². The highest BCUT2D eigenvalue weighted by Crippen LogP contribution is 2.14. The first-order chi connectivity index (χ1) is 6.18. The van der Waals surface area contributed by atoms with Crippen molar-refractivity contribution in [3.63, 3.8) is 0 Å². The number of hydrogen-bond donors (Lipinski definition) is 2. The minimum Gasteiger partial charge on any atom is -0.323 e. The molecule has 1 aliphatic heterocycles. The number of aromatic nitrogens is 2. The first-order valence-electron chi connectivity index (χ1n) is 3.28. The van der Waals surface area contributed by atoms with Gasteiger partial charge in [0.15, 0.2) is 0 Å². The van der Waals surface area contributed by atoms with Gasteiger partial charge >= 0.3 is 16.6 Å². The Hall–Kier alpha value is -2.12. The molecule has 8 nitrogen and oxygen atoms in total. The Kier molecular flexibility index (Phi) is 1.41. The lowest BCUT2D eigenvalue weighted by Gasteiger charge is -2.01. The van der Waals surface area contributed by atoms with E-state index in [1.165, 1.54) is 0 Å². The van der Waals surface area contributed by atoms with Gasteiger partial charge in [-0.05, 0) is 0 Å². The topological polar surface area (TPSA) is 101 Å². The fourth-order valence-corrected chi connectivity index (χ4v) is 0.912. The number of aromatic amines is 1. The van der Waals surface area contributed by atoms with E-state index in [2.05, 4.69) is 14.9 Å². The average Bonchev–Trinajstić information content (AvgIpc) is 2.60. The zero-order valence-electron chi connectivity index (χ0n) is 6.18. The smallest absolute Gasteiger partial charge is 0.323 e. The molecule has 67 valence electrons. The molecule has 0 aliphatic carbocycles. The molecule has 3 amide bonds. The Labute approximate surface area is 70.7 Å². The zero-order valence-corrected chi connectivity index (χ0v) is 6.18. The summed E-state index contributed by atoms with van der Waals surface area (Å²) < 4.78 is 4.46. The molecule has 0 bridgehead atoms. The first kappa shape index (κ1) is 7.53. The van der Waals surface area contributed by atoms with Crippen LogP contribution in [0.1, 0.15) is 0 Å². The number of urea groups is 1. The summed E-state index contributed by atoms with van der Waals surface area (Å²) in [4.78, 5) is 33.1. The highest BCUT2D eigenvalue weighted by Gasteiger charge is 2.35. The van der Waals surface area contributed by atoms with E-state index in [1.807, 2.05) is 0 Å². The molecule has 1 aliphatic rings. The van der Waals surface area contributed by atoms with Crippen molar-refractivity contribution in [1.29, 1.82) is 0 Å². The van der Waals surface area contributed by atoms with Crippen molar-refractivity contribution >= 4 is 17.8 Å². The maximum Gasteiger partial charge on any atom is 0.368 e. The summed E-state index contributed by atoms with van der Waals surface area (Å²) >= 11 is 0. The monoisotopic (exact) mass is 184 g/mol. The summed E-state index contributed by atoms with van der Waals surface area (Å²) in [6, 6.07) is -0.659. The molecule has 2 N–H and O–H groups in total. The van der Waals surface area contributed by atoms with Crippen LogP contribution in [-0.4, -0.2) is 17.0 Å². The molecule has 0 aromatic carbocycles. The second-order valence-corrected chi connectivity index (χ2v) is 2.23. The summed E-state index contributed by atoms with van der Waals surface area (Å²) in [7, 11) is 0. The molecule has 1 aromatic heterocycles. The van der Waals surface area contributed by atoms with Crippen LogP contribution in [0, 0.1) is 11.5 Å². The lowest BCUT2D eigenvalue weighted by Crippen LogP contribution is -2.30. The molecule has 0 spiro atoms. The van der Waals surface area contributed by atoms with E-state index in [4.69, 9.17) is 0 Å². The van der Waals surface area contributed by atoms with Gasteiger partial charge in [0.25, 0.3) is 5.91 Å². The summed E-state index contributed by atoms with van der Waals surface area (Å²) in [5, 5.41) is 4.25. The number of nitrogens with zero attached hydrogens (tertiary/aromatic N) is 2. The highest BCUT2D eigenvalue weighted by molar-refractivity contribution is 6.21. The first-order valence-corrected chi connectivity index (χ1v) is 3.28. The number of rotatable bonds is 1. The second kappa shape index (κ2) is 2.44. The van der Waals surface area contributed by atoms with Crippen LogP contribution in [0.5, 0.6) is 0 Å². The number of H-pyrrole nitrogens is 1. The van der Waals surface area contributed by atoms with Gasteiger partial charge in [0.1, 0.15) is 17.6 Å². The molecule has 2 heterocycles. The third-order valence-corrected chi connectivity index (χ3v) is 1.43. The minimum atomic E-state index is -0.659. The van der Waals surface area contributed by atoms with Gasteiger partial charge in [-0.25, -0.2) is 4.79 Å². The molecule has 1 fully saturated rings. The molecular formula is C5H4N4O4+. The summed E-state index contributed by atoms with van der Waals surface area (Å²) in [5.41, 5.74) is 0. The van der Waals surface area contributed by atoms with Crippen LogP contribution >= 0.6 is 0 Å². The molecule has 2 rings (SSSR count). The number of anilines is 1. The fraction of sp³-hybridized carbons (Fsp3) is 0. The minimum absolute atomic E-state index is 0.0220. The SMILES string of the molecule is O=C1[CH]NC(=O)N1c1c[nH][n+](=O)o1. The van der Waals surface area contributed by atoms with Crippen LogP contribution < -0.4 is 14.9 Å². The van der Waals surface area contributed by atoms with E-state index in [0.717, 1.165) is 12.7 Å². The lowest BCUT2D eigenvalue weighted by molar-refractivity contribution is -0.750. The van der Waals surface area contributed by atoms with Crippen molar-refractivity contribution in [2.75, 3.05) is 4.90 Å². The summed E-state index contributed by atoms with van der Waals surface area (Å²) in [6.45, 7) is 0.972. The quantitative estimate of drug-likeness (QED) is 0.532. The fourth-order valence-electron chi connectivity index (χ4n) is 0.912. The van der Waals surface area contributed by atoms with Crippen LogP contribution in [-0.2, 0) is 4.79 Å². The third kappa shape index (κ3) is 1.08. The van der Waals surface area contributed by atoms with Crippen molar-refractivity contribution in [2.45, 2.75) is 0 Å². The molecule has 1 radical (unpaired) electrons. The number of imide groups is 1. The highest BCUT2D eigenvalue weighted by atomic mass is 16.6. The van der Waals surface area contributed by atoms with E-state index in [0.29, 0.717) is 4.90 Å². The van der Waals surface area contributed by atoms with Crippen LogP contribution in [0.4, 0.5) is 10.7 Å². The van der Waals surface area contributed by atoms with E-state index >= 15 is 0 Å². The third-order valence-electron chi connectivity index (χ3n) is 1.43. The maximum atomic E-state index is 11.0.